The van der Waals surface area contributed by atoms with Crippen LogP contribution in [0.5, 0.6) is 0 Å². The van der Waals surface area contributed by atoms with Crippen molar-refractivity contribution < 1.29 is 8.78 Å². The minimum atomic E-state index is -2.57. The van der Waals surface area contributed by atoms with Crippen molar-refractivity contribution in [3.05, 3.63) is 18.0 Å². The van der Waals surface area contributed by atoms with E-state index in [1.54, 1.807) is 0 Å². The Morgan fingerprint density at radius 3 is 2.55 bits per heavy atom. The van der Waals surface area contributed by atoms with Crippen molar-refractivity contribution in [2.24, 2.45) is 5.73 Å². The molecule has 0 aliphatic rings. The molecule has 0 bridgehead atoms. The summed E-state index contributed by atoms with van der Waals surface area (Å²) in [7, 11) is 0. The molecule has 0 unspecified atom stereocenters. The van der Waals surface area contributed by atoms with E-state index in [4.69, 9.17) is 5.73 Å². The van der Waals surface area contributed by atoms with Crippen LogP contribution in [0.3, 0.4) is 0 Å². The fraction of sp³-hybridized carbons (Fsp3) is 0.400. The first-order valence-electron chi connectivity index (χ1n) is 2.75. The van der Waals surface area contributed by atoms with Crippen molar-refractivity contribution in [2.75, 3.05) is 0 Å². The van der Waals surface area contributed by atoms with E-state index in [0.717, 1.165) is 0 Å². The molecular weight excluding hydrogens is 176 g/mol. The van der Waals surface area contributed by atoms with Crippen molar-refractivity contribution in [2.45, 2.75) is 13.1 Å². The zero-order valence-electron chi connectivity index (χ0n) is 5.58. The molecule has 0 aliphatic heterocycles. The summed E-state index contributed by atoms with van der Waals surface area (Å²) in [4.78, 5) is 0. The Kier molecular flexibility index (Phi) is 3.99. The molecule has 0 spiro atoms. The number of rotatable bonds is 2. The van der Waals surface area contributed by atoms with Gasteiger partial charge in [0.25, 0.3) is 0 Å². The SMILES string of the molecule is Cl.NCc1cnn(C(F)F)c1. The van der Waals surface area contributed by atoms with Crippen LogP contribution in [0.4, 0.5) is 8.78 Å². The second kappa shape index (κ2) is 4.25. The van der Waals surface area contributed by atoms with Crippen LogP contribution in [0, 0.1) is 0 Å². The van der Waals surface area contributed by atoms with E-state index in [1.165, 1.54) is 12.4 Å². The molecule has 0 fully saturated rings. The van der Waals surface area contributed by atoms with Crippen LogP contribution in [0.15, 0.2) is 12.4 Å². The Labute approximate surface area is 68.6 Å². The van der Waals surface area contributed by atoms with Gasteiger partial charge in [-0.3, -0.25) is 0 Å². The van der Waals surface area contributed by atoms with Crippen molar-refractivity contribution in [1.29, 1.82) is 0 Å². The van der Waals surface area contributed by atoms with Gasteiger partial charge in [-0.2, -0.15) is 13.9 Å². The number of nitrogens with zero attached hydrogens (tertiary/aromatic N) is 2. The second-order valence-electron chi connectivity index (χ2n) is 1.81. The van der Waals surface area contributed by atoms with E-state index >= 15 is 0 Å². The molecule has 6 heteroatoms. The lowest BCUT2D eigenvalue weighted by molar-refractivity contribution is 0.0565. The molecule has 1 aromatic rings. The van der Waals surface area contributed by atoms with Crippen LogP contribution in [0.1, 0.15) is 12.1 Å². The number of nitrogens with two attached hydrogens (primary N) is 1. The van der Waals surface area contributed by atoms with E-state index in [0.29, 0.717) is 10.2 Å². The Morgan fingerprint density at radius 1 is 1.64 bits per heavy atom. The van der Waals surface area contributed by atoms with Gasteiger partial charge in [0.1, 0.15) is 0 Å². The molecule has 0 atom stereocenters. The van der Waals surface area contributed by atoms with Gasteiger partial charge in [0.05, 0.1) is 6.20 Å². The van der Waals surface area contributed by atoms with Crippen LogP contribution >= 0.6 is 12.4 Å². The normalized spacial score (nSPS) is 9.82. The minimum Gasteiger partial charge on any atom is -0.326 e. The molecule has 0 amide bonds. The predicted molar refractivity (Wildman–Crippen MR) is 38.6 cm³/mol. The third-order valence-corrected chi connectivity index (χ3v) is 1.09. The molecule has 2 N–H and O–H groups in total. The van der Waals surface area contributed by atoms with Gasteiger partial charge in [-0.05, 0) is 0 Å². The fourth-order valence-corrected chi connectivity index (χ4v) is 0.590. The third-order valence-electron chi connectivity index (χ3n) is 1.09. The number of alkyl halides is 2. The predicted octanol–water partition coefficient (Wildman–Crippen LogP) is 1.16. The molecular formula is C5H8ClF2N3. The first-order chi connectivity index (χ1) is 4.74. The molecule has 0 saturated carbocycles. The van der Waals surface area contributed by atoms with Gasteiger partial charge in [-0.1, -0.05) is 0 Å². The zero-order valence-corrected chi connectivity index (χ0v) is 6.39. The molecule has 0 radical (unpaired) electrons. The highest BCUT2D eigenvalue weighted by Crippen LogP contribution is 2.08. The monoisotopic (exact) mass is 183 g/mol. The van der Waals surface area contributed by atoms with Crippen LogP contribution in [-0.2, 0) is 6.54 Å². The van der Waals surface area contributed by atoms with Crippen LogP contribution in [0.25, 0.3) is 0 Å². The molecule has 0 aliphatic carbocycles. The van der Waals surface area contributed by atoms with Crippen molar-refractivity contribution in [3.63, 3.8) is 0 Å². The first-order valence-corrected chi connectivity index (χ1v) is 2.75. The maximum atomic E-state index is 11.8. The molecule has 1 aromatic heterocycles. The summed E-state index contributed by atoms with van der Waals surface area (Å²) >= 11 is 0. The summed E-state index contributed by atoms with van der Waals surface area (Å²) in [6.07, 6.45) is 2.55. The average molecular weight is 184 g/mol. The zero-order chi connectivity index (χ0) is 7.56. The Morgan fingerprint density at radius 2 is 2.27 bits per heavy atom. The number of halogens is 3. The van der Waals surface area contributed by atoms with E-state index < -0.39 is 6.55 Å². The summed E-state index contributed by atoms with van der Waals surface area (Å²) in [6, 6.07) is 0. The lowest BCUT2D eigenvalue weighted by Crippen LogP contribution is -1.98. The van der Waals surface area contributed by atoms with Gasteiger partial charge in [0.15, 0.2) is 0 Å². The van der Waals surface area contributed by atoms with Gasteiger partial charge < -0.3 is 5.73 Å². The fourth-order valence-electron chi connectivity index (χ4n) is 0.590. The smallest absolute Gasteiger partial charge is 0.326 e. The van der Waals surface area contributed by atoms with Crippen LogP contribution < -0.4 is 5.73 Å². The van der Waals surface area contributed by atoms with Gasteiger partial charge >= 0.3 is 6.55 Å². The maximum Gasteiger partial charge on any atom is 0.333 e. The minimum absolute atomic E-state index is 0. The topological polar surface area (TPSA) is 43.8 Å². The van der Waals surface area contributed by atoms with Crippen LogP contribution in [0.2, 0.25) is 0 Å². The Balaban J connectivity index is 0.000001000. The highest BCUT2D eigenvalue weighted by atomic mass is 35.5. The number of aromatic nitrogens is 2. The lowest BCUT2D eigenvalue weighted by Gasteiger charge is -1.94. The molecule has 11 heavy (non-hydrogen) atoms. The summed E-state index contributed by atoms with van der Waals surface area (Å²) in [5.74, 6) is 0. The highest BCUT2D eigenvalue weighted by molar-refractivity contribution is 5.85. The summed E-state index contributed by atoms with van der Waals surface area (Å²) in [5.41, 5.74) is 5.78. The summed E-state index contributed by atoms with van der Waals surface area (Å²) in [5, 5.41) is 3.37. The van der Waals surface area contributed by atoms with Crippen molar-refractivity contribution in [3.8, 4) is 0 Å². The van der Waals surface area contributed by atoms with Crippen molar-refractivity contribution >= 4 is 12.4 Å². The van der Waals surface area contributed by atoms with Gasteiger partial charge in [-0.15, -0.1) is 12.4 Å². The largest absolute Gasteiger partial charge is 0.333 e. The van der Waals surface area contributed by atoms with E-state index in [2.05, 4.69) is 5.10 Å². The van der Waals surface area contributed by atoms with Crippen LogP contribution in [-0.4, -0.2) is 9.78 Å². The molecule has 0 saturated heterocycles. The number of hydrogen-bond donors (Lipinski definition) is 1. The maximum absolute atomic E-state index is 11.8. The molecule has 0 aromatic carbocycles. The van der Waals surface area contributed by atoms with E-state index in [1.807, 2.05) is 0 Å². The number of hydrogen-bond acceptors (Lipinski definition) is 2. The van der Waals surface area contributed by atoms with Gasteiger partial charge in [0.2, 0.25) is 0 Å². The molecule has 1 heterocycles. The highest BCUT2D eigenvalue weighted by Gasteiger charge is 2.05. The second-order valence-corrected chi connectivity index (χ2v) is 1.81. The Hall–Kier alpha value is -0.680. The Bertz CT molecular complexity index is 213. The first kappa shape index (κ1) is 10.3. The van der Waals surface area contributed by atoms with Gasteiger partial charge in [-0.25, -0.2) is 4.68 Å². The summed E-state index contributed by atoms with van der Waals surface area (Å²) < 4.78 is 24.1. The average Bonchev–Trinajstić information content (AvgIpc) is 2.34. The molecule has 1 rings (SSSR count). The van der Waals surface area contributed by atoms with Gasteiger partial charge in [0, 0.05) is 18.3 Å². The standard InChI is InChI=1S/C5H7F2N3.ClH/c6-5(7)10-3-4(1-8)2-9-10;/h2-3,5H,1,8H2;1H. The van der Waals surface area contributed by atoms with E-state index in [-0.39, 0.29) is 19.0 Å². The molecule has 64 valence electrons. The quantitative estimate of drug-likeness (QED) is 0.748. The summed E-state index contributed by atoms with van der Waals surface area (Å²) in [6.45, 7) is -2.33. The van der Waals surface area contributed by atoms with E-state index in [9.17, 15) is 8.78 Å². The third kappa shape index (κ3) is 2.44. The van der Waals surface area contributed by atoms with Crippen molar-refractivity contribution in [1.82, 2.24) is 9.78 Å². The lowest BCUT2D eigenvalue weighted by atomic mass is 10.4. The molecule has 3 nitrogen and oxygen atoms in total.